The van der Waals surface area contributed by atoms with Crippen molar-refractivity contribution in [1.82, 2.24) is 29.9 Å². The Morgan fingerprint density at radius 3 is 2.38 bits per heavy atom. The second-order valence-corrected chi connectivity index (χ2v) is 18.2. The largest absolute Gasteiger partial charge is 0.488 e. The van der Waals surface area contributed by atoms with Gasteiger partial charge in [-0.1, -0.05) is 12.1 Å². The predicted molar refractivity (Wildman–Crippen MR) is 230 cm³/mol. The van der Waals surface area contributed by atoms with Crippen LogP contribution in [0.5, 0.6) is 5.75 Å². The Balaban J connectivity index is 0.818. The SMILES string of the molecule is CC(C)(O)COc1cc2nn([C@H]3CC[C@H](CN4CCC(CCNc5cccc6c5C(=O)N(C5CCC(=O)NC5=O)C6=O)CC4)CC3)cc2cc1NC(=O)c1cccc(C(C)(F)F)n1. The monoisotopic (exact) mass is 868 g/mol. The fourth-order valence-corrected chi connectivity index (χ4v) is 9.21. The number of aliphatic hydroxyl groups is 1. The molecule has 0 spiro atoms. The Morgan fingerprint density at radius 2 is 1.67 bits per heavy atom. The zero-order valence-electron chi connectivity index (χ0n) is 35.8. The van der Waals surface area contributed by atoms with E-state index in [-0.39, 0.29) is 48.1 Å². The minimum atomic E-state index is -3.21. The summed E-state index contributed by atoms with van der Waals surface area (Å²) < 4.78 is 35.9. The van der Waals surface area contributed by atoms with Crippen LogP contribution in [0, 0.1) is 11.8 Å². The number of amides is 5. The number of benzene rings is 2. The molecule has 0 bridgehead atoms. The van der Waals surface area contributed by atoms with E-state index in [1.807, 2.05) is 10.9 Å². The standard InChI is InChI=1S/C46H54F2N8O7/c1-45(2,62)26-63-37-23-34-29(22-35(37)51-41(58)33-8-5-9-38(50-33)46(3,47)48)25-55(53-34)30-12-10-28(11-13-30)24-54-20-17-27(18-21-54)16-19-49-32-7-4-6-31-40(32)44(61)56(43(31)60)36-14-15-39(57)52-42(36)59/h4-9,22-23,25,27-28,30,36,49,62H,10-21,24,26H2,1-3H3,(H,51,58)(H,52,57,59)/t28-,30-,36?. The van der Waals surface area contributed by atoms with E-state index in [1.54, 1.807) is 44.2 Å². The number of rotatable bonds is 14. The van der Waals surface area contributed by atoms with Gasteiger partial charge in [-0.15, -0.1) is 0 Å². The Hall–Kier alpha value is -5.81. The molecule has 3 fully saturated rings. The second-order valence-electron chi connectivity index (χ2n) is 18.2. The zero-order chi connectivity index (χ0) is 44.6. The van der Waals surface area contributed by atoms with Crippen molar-refractivity contribution >= 4 is 51.8 Å². The van der Waals surface area contributed by atoms with Gasteiger partial charge in [0, 0.05) is 49.8 Å². The summed E-state index contributed by atoms with van der Waals surface area (Å²) in [4.78, 5) is 71.5. The van der Waals surface area contributed by atoms with E-state index in [2.05, 4.69) is 25.8 Å². The molecule has 1 aliphatic carbocycles. The number of anilines is 2. The molecular formula is C46H54F2N8O7. The van der Waals surface area contributed by atoms with Crippen molar-refractivity contribution in [3.63, 3.8) is 0 Å². The smallest absolute Gasteiger partial charge is 0.287 e. The van der Waals surface area contributed by atoms with E-state index in [4.69, 9.17) is 9.84 Å². The molecule has 4 N–H and O–H groups in total. The van der Waals surface area contributed by atoms with Crippen LogP contribution in [0.1, 0.15) is 121 Å². The first-order valence-electron chi connectivity index (χ1n) is 21.9. The number of nitrogens with zero attached hydrogens (tertiary/aromatic N) is 5. The molecule has 5 amide bonds. The molecule has 63 heavy (non-hydrogen) atoms. The summed E-state index contributed by atoms with van der Waals surface area (Å²) >= 11 is 0. The van der Waals surface area contributed by atoms with Gasteiger partial charge in [-0.05, 0) is 120 Å². The highest BCUT2D eigenvalue weighted by atomic mass is 19.3. The molecule has 2 aromatic carbocycles. The van der Waals surface area contributed by atoms with Gasteiger partial charge < -0.3 is 25.4 Å². The molecular weight excluding hydrogens is 815 g/mol. The van der Waals surface area contributed by atoms with Crippen LogP contribution in [0.3, 0.4) is 0 Å². The first kappa shape index (κ1) is 43.8. The average Bonchev–Trinajstić information content (AvgIpc) is 3.77. The molecule has 8 rings (SSSR count). The topological polar surface area (TPSA) is 188 Å². The van der Waals surface area contributed by atoms with Crippen molar-refractivity contribution in [1.29, 1.82) is 0 Å². The van der Waals surface area contributed by atoms with Crippen LogP contribution in [0.2, 0.25) is 0 Å². The number of fused-ring (bicyclic) bond motifs is 2. The van der Waals surface area contributed by atoms with E-state index in [0.29, 0.717) is 35.3 Å². The molecule has 4 aliphatic rings. The number of ether oxygens (including phenoxy) is 1. The first-order valence-corrected chi connectivity index (χ1v) is 21.9. The quantitative estimate of drug-likeness (QED) is 0.104. The molecule has 2 aromatic heterocycles. The molecule has 17 heteroatoms. The molecule has 1 saturated carbocycles. The van der Waals surface area contributed by atoms with Gasteiger partial charge in [0.2, 0.25) is 11.8 Å². The van der Waals surface area contributed by atoms with Crippen LogP contribution in [0.4, 0.5) is 20.2 Å². The maximum atomic E-state index is 14.0. The van der Waals surface area contributed by atoms with E-state index >= 15 is 0 Å². The Labute approximate surface area is 363 Å². The minimum Gasteiger partial charge on any atom is -0.488 e. The van der Waals surface area contributed by atoms with Crippen molar-refractivity contribution in [2.24, 2.45) is 11.8 Å². The van der Waals surface area contributed by atoms with Crippen LogP contribution in [0.15, 0.2) is 54.7 Å². The predicted octanol–water partition coefficient (Wildman–Crippen LogP) is 6.29. The van der Waals surface area contributed by atoms with Crippen molar-refractivity contribution in [2.45, 2.75) is 102 Å². The normalized spacial score (nSPS) is 21.4. The van der Waals surface area contributed by atoms with E-state index in [1.165, 1.54) is 18.2 Å². The van der Waals surface area contributed by atoms with Crippen LogP contribution in [-0.4, -0.2) is 104 Å². The number of imide groups is 2. The van der Waals surface area contributed by atoms with Gasteiger partial charge in [0.15, 0.2) is 0 Å². The van der Waals surface area contributed by atoms with Crippen LogP contribution < -0.4 is 20.7 Å². The minimum absolute atomic E-state index is 0.0597. The summed E-state index contributed by atoms with van der Waals surface area (Å²) in [6.07, 6.45) is 9.30. The molecule has 5 heterocycles. The molecule has 4 aromatic rings. The van der Waals surface area contributed by atoms with E-state index in [9.17, 15) is 37.9 Å². The van der Waals surface area contributed by atoms with Crippen molar-refractivity contribution in [2.75, 3.05) is 43.4 Å². The van der Waals surface area contributed by atoms with Gasteiger partial charge in [-0.2, -0.15) is 13.9 Å². The third-order valence-electron chi connectivity index (χ3n) is 12.6. The highest BCUT2D eigenvalue weighted by molar-refractivity contribution is 6.25. The number of piperidine rings is 2. The van der Waals surface area contributed by atoms with E-state index in [0.717, 1.165) is 81.8 Å². The summed E-state index contributed by atoms with van der Waals surface area (Å²) in [7, 11) is 0. The highest BCUT2D eigenvalue weighted by Gasteiger charge is 2.45. The Morgan fingerprint density at radius 1 is 0.921 bits per heavy atom. The number of carbonyl (C=O) groups is 5. The summed E-state index contributed by atoms with van der Waals surface area (Å²) in [6.45, 7) is 7.61. The van der Waals surface area contributed by atoms with Gasteiger partial charge >= 0.3 is 0 Å². The van der Waals surface area contributed by atoms with Crippen molar-refractivity contribution in [3.05, 3.63) is 77.2 Å². The Kier molecular flexibility index (Phi) is 12.3. The maximum Gasteiger partial charge on any atom is 0.287 e. The molecule has 2 saturated heterocycles. The van der Waals surface area contributed by atoms with Crippen LogP contribution in [0.25, 0.3) is 10.9 Å². The van der Waals surface area contributed by atoms with Gasteiger partial charge in [-0.3, -0.25) is 38.9 Å². The average molecular weight is 869 g/mol. The third-order valence-corrected chi connectivity index (χ3v) is 12.6. The van der Waals surface area contributed by atoms with Gasteiger partial charge in [-0.25, -0.2) is 4.98 Å². The summed E-state index contributed by atoms with van der Waals surface area (Å²) in [5.74, 6) is -4.55. The number of aromatic nitrogens is 3. The van der Waals surface area contributed by atoms with Gasteiger partial charge in [0.25, 0.3) is 23.6 Å². The van der Waals surface area contributed by atoms with Crippen molar-refractivity contribution in [3.8, 4) is 5.75 Å². The van der Waals surface area contributed by atoms with E-state index < -0.39 is 52.8 Å². The molecule has 334 valence electrons. The number of halogens is 2. The van der Waals surface area contributed by atoms with Gasteiger partial charge in [0.1, 0.15) is 29.8 Å². The first-order chi connectivity index (χ1) is 30.0. The third kappa shape index (κ3) is 9.89. The Bertz CT molecular complexity index is 2410. The molecule has 15 nitrogen and oxygen atoms in total. The van der Waals surface area contributed by atoms with Crippen molar-refractivity contribution < 1.29 is 42.6 Å². The number of nitrogens with one attached hydrogen (secondary N) is 3. The molecule has 1 atom stereocenters. The van der Waals surface area contributed by atoms with Crippen LogP contribution >= 0.6 is 0 Å². The fraction of sp³-hybridized carbons (Fsp3) is 0.500. The lowest BCUT2D eigenvalue weighted by Gasteiger charge is -2.36. The van der Waals surface area contributed by atoms with Crippen LogP contribution in [-0.2, 0) is 15.5 Å². The maximum absolute atomic E-state index is 14.0. The number of likely N-dealkylation sites (tertiary alicyclic amines) is 1. The number of carbonyl (C=O) groups excluding carboxylic acids is 5. The molecule has 1 unspecified atom stereocenters. The molecule has 0 radical (unpaired) electrons. The second kappa shape index (κ2) is 17.8. The lowest BCUT2D eigenvalue weighted by atomic mass is 9.85. The fourth-order valence-electron chi connectivity index (χ4n) is 9.21. The number of hydrogen-bond acceptors (Lipinski definition) is 11. The summed E-state index contributed by atoms with van der Waals surface area (Å²) in [6, 6.07) is 11.7. The highest BCUT2D eigenvalue weighted by Crippen LogP contribution is 2.37. The molecule has 3 aliphatic heterocycles. The summed E-state index contributed by atoms with van der Waals surface area (Å²) in [5, 5.41) is 24.4. The van der Waals surface area contributed by atoms with Gasteiger partial charge in [0.05, 0.1) is 34.0 Å². The lowest BCUT2D eigenvalue weighted by Crippen LogP contribution is -2.54. The lowest BCUT2D eigenvalue weighted by molar-refractivity contribution is -0.136. The number of pyridine rings is 1. The number of hydrogen-bond donors (Lipinski definition) is 4. The number of alkyl halides is 2. The summed E-state index contributed by atoms with van der Waals surface area (Å²) in [5.41, 5.74) is 0.268. The zero-order valence-corrected chi connectivity index (χ0v) is 35.8.